The van der Waals surface area contributed by atoms with Gasteiger partial charge < -0.3 is 15.2 Å². The summed E-state index contributed by atoms with van der Waals surface area (Å²) < 4.78 is 2.00. The van der Waals surface area contributed by atoms with Gasteiger partial charge in [0, 0.05) is 20.1 Å². The minimum absolute atomic E-state index is 0.433. The van der Waals surface area contributed by atoms with E-state index in [1.807, 2.05) is 18.5 Å². The number of hydrogen-bond donors (Lipinski definition) is 2. The highest BCUT2D eigenvalue weighted by molar-refractivity contribution is 5.79. The molecule has 0 radical (unpaired) electrons. The maximum atomic E-state index is 4.78. The minimum Gasteiger partial charge on any atom is -0.356 e. The first-order chi connectivity index (χ1) is 12.5. The van der Waals surface area contributed by atoms with Gasteiger partial charge in [-0.2, -0.15) is 0 Å². The average Bonchev–Trinajstić information content (AvgIpc) is 3.18. The molecule has 2 N–H and O–H groups in total. The third-order valence-corrected chi connectivity index (χ3v) is 5.52. The van der Waals surface area contributed by atoms with E-state index in [2.05, 4.69) is 41.6 Å². The first kappa shape index (κ1) is 20.7. The summed E-state index contributed by atoms with van der Waals surface area (Å²) in [4.78, 5) is 4.78. The molecular formula is C20H38N6. The van der Waals surface area contributed by atoms with Crippen LogP contribution in [0, 0.1) is 18.3 Å². The molecule has 0 spiro atoms. The third-order valence-electron chi connectivity index (χ3n) is 5.52. The van der Waals surface area contributed by atoms with Crippen molar-refractivity contribution in [1.82, 2.24) is 25.4 Å². The molecule has 0 amide bonds. The first-order valence-corrected chi connectivity index (χ1v) is 10.3. The van der Waals surface area contributed by atoms with Gasteiger partial charge in [0.1, 0.15) is 12.4 Å². The second kappa shape index (κ2) is 9.93. The summed E-state index contributed by atoms with van der Waals surface area (Å²) in [5.41, 5.74) is 0.433. The van der Waals surface area contributed by atoms with Gasteiger partial charge in [-0.15, -0.1) is 10.2 Å². The molecule has 0 bridgehead atoms. The summed E-state index contributed by atoms with van der Waals surface area (Å²) in [7, 11) is 1.99. The van der Waals surface area contributed by atoms with E-state index in [1.165, 1.54) is 38.5 Å². The van der Waals surface area contributed by atoms with E-state index in [9.17, 15) is 0 Å². The fraction of sp³-hybridized carbons (Fsp3) is 0.850. The maximum Gasteiger partial charge on any atom is 0.191 e. The van der Waals surface area contributed by atoms with Crippen molar-refractivity contribution in [1.29, 1.82) is 0 Å². The van der Waals surface area contributed by atoms with Crippen molar-refractivity contribution < 1.29 is 0 Å². The number of hydrogen-bond acceptors (Lipinski definition) is 3. The van der Waals surface area contributed by atoms with Crippen LogP contribution in [0.25, 0.3) is 0 Å². The van der Waals surface area contributed by atoms with Gasteiger partial charge in [0.15, 0.2) is 11.8 Å². The Labute approximate surface area is 159 Å². The Kier molecular flexibility index (Phi) is 7.91. The van der Waals surface area contributed by atoms with Crippen LogP contribution in [0.4, 0.5) is 0 Å². The second-order valence-corrected chi connectivity index (χ2v) is 8.33. The van der Waals surface area contributed by atoms with Crippen molar-refractivity contribution in [3.63, 3.8) is 0 Å². The first-order valence-electron chi connectivity index (χ1n) is 10.3. The summed E-state index contributed by atoms with van der Waals surface area (Å²) in [6.45, 7) is 11.4. The number of aromatic nitrogens is 3. The highest BCUT2D eigenvalue weighted by Gasteiger charge is 2.34. The lowest BCUT2D eigenvalue weighted by Gasteiger charge is -2.32. The van der Waals surface area contributed by atoms with Crippen LogP contribution < -0.4 is 10.6 Å². The predicted molar refractivity (Wildman–Crippen MR) is 108 cm³/mol. The van der Waals surface area contributed by atoms with Crippen molar-refractivity contribution in [3.8, 4) is 0 Å². The number of rotatable bonds is 9. The predicted octanol–water partition coefficient (Wildman–Crippen LogP) is 3.57. The molecule has 26 heavy (non-hydrogen) atoms. The van der Waals surface area contributed by atoms with Gasteiger partial charge in [-0.25, -0.2) is 4.99 Å². The van der Waals surface area contributed by atoms with Gasteiger partial charge in [-0.1, -0.05) is 40.0 Å². The van der Waals surface area contributed by atoms with Crippen molar-refractivity contribution >= 4 is 5.96 Å². The molecule has 1 aromatic heterocycles. The van der Waals surface area contributed by atoms with E-state index in [-0.39, 0.29) is 0 Å². The quantitative estimate of drug-likeness (QED) is 0.400. The monoisotopic (exact) mass is 362 g/mol. The summed E-state index contributed by atoms with van der Waals surface area (Å²) in [6, 6.07) is 0. The van der Waals surface area contributed by atoms with Gasteiger partial charge >= 0.3 is 0 Å². The molecule has 1 fully saturated rings. The zero-order chi connectivity index (χ0) is 19.0. The van der Waals surface area contributed by atoms with Gasteiger partial charge in [0.25, 0.3) is 0 Å². The van der Waals surface area contributed by atoms with E-state index in [0.29, 0.717) is 12.0 Å². The molecule has 0 saturated heterocycles. The van der Waals surface area contributed by atoms with Crippen LogP contribution in [0.15, 0.2) is 4.99 Å². The molecule has 148 valence electrons. The van der Waals surface area contributed by atoms with Crippen LogP contribution >= 0.6 is 0 Å². The molecular weight excluding hydrogens is 324 g/mol. The number of aliphatic imine (C=N–C) groups is 1. The number of nitrogens with zero attached hydrogens (tertiary/aromatic N) is 4. The van der Waals surface area contributed by atoms with Crippen LogP contribution in [0.5, 0.6) is 0 Å². The maximum absolute atomic E-state index is 4.78. The lowest BCUT2D eigenvalue weighted by atomic mass is 9.78. The largest absolute Gasteiger partial charge is 0.356 e. The zero-order valence-electron chi connectivity index (χ0n) is 17.4. The minimum atomic E-state index is 0.433. The highest BCUT2D eigenvalue weighted by Crippen LogP contribution is 2.42. The Bertz CT molecular complexity index is 569. The Morgan fingerprint density at radius 2 is 1.96 bits per heavy atom. The van der Waals surface area contributed by atoms with E-state index >= 15 is 0 Å². The van der Waals surface area contributed by atoms with Gasteiger partial charge in [0.05, 0.1) is 0 Å². The molecule has 2 rings (SSSR count). The van der Waals surface area contributed by atoms with Crippen LogP contribution in [-0.4, -0.2) is 33.8 Å². The SMILES string of the molecule is CCCCNC(=NCc1nnc(C)n1C)NCC1(CC(C)C)CCCC1. The van der Waals surface area contributed by atoms with Crippen LogP contribution in [0.1, 0.15) is 77.4 Å². The molecule has 1 aliphatic rings. The summed E-state index contributed by atoms with van der Waals surface area (Å²) in [6.07, 6.45) is 9.03. The molecule has 6 heteroatoms. The Morgan fingerprint density at radius 3 is 2.54 bits per heavy atom. The molecule has 0 unspecified atom stereocenters. The Hall–Kier alpha value is -1.59. The van der Waals surface area contributed by atoms with Gasteiger partial charge in [0.2, 0.25) is 0 Å². The van der Waals surface area contributed by atoms with Crippen LogP contribution in [-0.2, 0) is 13.6 Å². The van der Waals surface area contributed by atoms with Crippen molar-refractivity contribution in [2.45, 2.75) is 79.2 Å². The van der Waals surface area contributed by atoms with Crippen LogP contribution in [0.3, 0.4) is 0 Å². The van der Waals surface area contributed by atoms with E-state index < -0.39 is 0 Å². The topological polar surface area (TPSA) is 67.1 Å². The normalized spacial score (nSPS) is 17.1. The standard InChI is InChI=1S/C20H38N6/c1-6-7-12-21-19(22-14-18-25-24-17(4)26(18)5)23-15-20(13-16(2)3)10-8-9-11-20/h16H,6-15H2,1-5H3,(H2,21,22,23). The smallest absolute Gasteiger partial charge is 0.191 e. The number of unbranched alkanes of at least 4 members (excludes halogenated alkanes) is 1. The lowest BCUT2D eigenvalue weighted by molar-refractivity contribution is 0.234. The second-order valence-electron chi connectivity index (χ2n) is 8.33. The van der Waals surface area contributed by atoms with Crippen molar-refractivity contribution in [2.24, 2.45) is 23.4 Å². The number of nitrogens with one attached hydrogen (secondary N) is 2. The lowest BCUT2D eigenvalue weighted by Crippen LogP contribution is -2.43. The molecule has 1 aromatic rings. The number of guanidine groups is 1. The molecule has 1 heterocycles. The Balaban J connectivity index is 2.01. The fourth-order valence-electron chi connectivity index (χ4n) is 4.01. The van der Waals surface area contributed by atoms with Crippen LogP contribution in [0.2, 0.25) is 0 Å². The average molecular weight is 363 g/mol. The number of aryl methyl sites for hydroxylation is 1. The van der Waals surface area contributed by atoms with E-state index in [1.54, 1.807) is 0 Å². The van der Waals surface area contributed by atoms with Gasteiger partial charge in [-0.3, -0.25) is 0 Å². The van der Waals surface area contributed by atoms with E-state index in [0.717, 1.165) is 43.0 Å². The summed E-state index contributed by atoms with van der Waals surface area (Å²) in [5, 5.41) is 15.5. The fourth-order valence-corrected chi connectivity index (χ4v) is 4.01. The zero-order valence-corrected chi connectivity index (χ0v) is 17.4. The molecule has 0 atom stereocenters. The summed E-state index contributed by atoms with van der Waals surface area (Å²) in [5.74, 6) is 3.47. The van der Waals surface area contributed by atoms with E-state index in [4.69, 9.17) is 4.99 Å². The molecule has 1 aliphatic carbocycles. The molecule has 0 aromatic carbocycles. The Morgan fingerprint density at radius 1 is 1.23 bits per heavy atom. The molecule has 1 saturated carbocycles. The third kappa shape index (κ3) is 5.99. The highest BCUT2D eigenvalue weighted by atomic mass is 15.3. The summed E-state index contributed by atoms with van der Waals surface area (Å²) >= 11 is 0. The molecule has 6 nitrogen and oxygen atoms in total. The van der Waals surface area contributed by atoms with Gasteiger partial charge in [-0.05, 0) is 43.9 Å². The molecule has 0 aliphatic heterocycles. The van der Waals surface area contributed by atoms with Crippen molar-refractivity contribution in [3.05, 3.63) is 11.6 Å². The van der Waals surface area contributed by atoms with Crippen molar-refractivity contribution in [2.75, 3.05) is 13.1 Å².